The van der Waals surface area contributed by atoms with Gasteiger partial charge in [0.15, 0.2) is 5.01 Å². The monoisotopic (exact) mass is 320 g/mol. The Labute approximate surface area is 126 Å². The molecule has 7 heteroatoms. The number of aromatic nitrogens is 1. The van der Waals surface area contributed by atoms with Crippen LogP contribution in [0.3, 0.4) is 0 Å². The van der Waals surface area contributed by atoms with Gasteiger partial charge in [-0.3, -0.25) is 4.90 Å². The van der Waals surface area contributed by atoms with E-state index >= 15 is 0 Å². The maximum atomic E-state index is 12.5. The molecule has 1 saturated heterocycles. The first-order valence-electron chi connectivity index (χ1n) is 7.26. The van der Waals surface area contributed by atoms with Gasteiger partial charge in [-0.05, 0) is 38.1 Å². The van der Waals surface area contributed by atoms with Gasteiger partial charge in [-0.15, -0.1) is 11.3 Å². The quantitative estimate of drug-likeness (QED) is 0.848. The summed E-state index contributed by atoms with van der Waals surface area (Å²) in [6, 6.07) is 0. The first kappa shape index (κ1) is 15.2. The van der Waals surface area contributed by atoms with E-state index in [9.17, 15) is 13.2 Å². The standard InChI is InChI=1S/C14H19F3N2OS/c1-2-20-10-5-13(6-10)3-4-19(9-13)8-11-7-18-12(21-11)14(15,16)17/h7,10H,2-6,8-9H2,1H3. The minimum absolute atomic E-state index is 0.345. The molecular formula is C14H19F3N2OS. The molecule has 0 bridgehead atoms. The Balaban J connectivity index is 1.53. The minimum Gasteiger partial charge on any atom is -0.378 e. The second kappa shape index (κ2) is 5.52. The van der Waals surface area contributed by atoms with Crippen molar-refractivity contribution < 1.29 is 17.9 Å². The SMILES string of the molecule is CCOC1CC2(CCN(Cc3cnc(C(F)(F)F)s3)C2)C1. The van der Waals surface area contributed by atoms with E-state index in [1.807, 2.05) is 6.92 Å². The van der Waals surface area contributed by atoms with Crippen LogP contribution < -0.4 is 0 Å². The van der Waals surface area contributed by atoms with E-state index < -0.39 is 11.2 Å². The minimum atomic E-state index is -4.33. The highest BCUT2D eigenvalue weighted by Gasteiger charge is 2.48. The topological polar surface area (TPSA) is 25.4 Å². The maximum absolute atomic E-state index is 12.5. The van der Waals surface area contributed by atoms with E-state index in [1.54, 1.807) is 0 Å². The summed E-state index contributed by atoms with van der Waals surface area (Å²) in [5.74, 6) is 0. The molecule has 2 fully saturated rings. The number of hydrogen-bond donors (Lipinski definition) is 0. The average molecular weight is 320 g/mol. The van der Waals surface area contributed by atoms with Crippen LogP contribution in [0.25, 0.3) is 0 Å². The number of hydrogen-bond acceptors (Lipinski definition) is 4. The first-order valence-corrected chi connectivity index (χ1v) is 8.08. The number of thiazole rings is 1. The van der Waals surface area contributed by atoms with Crippen LogP contribution in [0.1, 0.15) is 36.1 Å². The smallest absolute Gasteiger partial charge is 0.378 e. The summed E-state index contributed by atoms with van der Waals surface area (Å²) in [5.41, 5.74) is 0.345. The first-order chi connectivity index (χ1) is 9.90. The molecular weight excluding hydrogens is 301 g/mol. The lowest BCUT2D eigenvalue weighted by Crippen LogP contribution is -2.44. The van der Waals surface area contributed by atoms with Gasteiger partial charge in [0, 0.05) is 30.8 Å². The maximum Gasteiger partial charge on any atom is 0.443 e. The van der Waals surface area contributed by atoms with Crippen molar-refractivity contribution >= 4 is 11.3 Å². The molecule has 3 nitrogen and oxygen atoms in total. The molecule has 0 atom stereocenters. The molecule has 0 aromatic carbocycles. The molecule has 0 N–H and O–H groups in total. The molecule has 1 aromatic heterocycles. The summed E-state index contributed by atoms with van der Waals surface area (Å²) in [6.07, 6.45) is 0.731. The molecule has 0 unspecified atom stereocenters. The molecule has 1 saturated carbocycles. The van der Waals surface area contributed by atoms with Gasteiger partial charge < -0.3 is 4.74 Å². The van der Waals surface area contributed by atoms with Gasteiger partial charge in [-0.1, -0.05) is 0 Å². The van der Waals surface area contributed by atoms with E-state index in [2.05, 4.69) is 9.88 Å². The number of halogens is 3. The lowest BCUT2D eigenvalue weighted by atomic mass is 9.66. The van der Waals surface area contributed by atoms with E-state index in [4.69, 9.17) is 4.74 Å². The van der Waals surface area contributed by atoms with Gasteiger partial charge >= 0.3 is 6.18 Å². The molecule has 21 heavy (non-hydrogen) atoms. The van der Waals surface area contributed by atoms with Crippen LogP contribution in [-0.2, 0) is 17.5 Å². The molecule has 1 aliphatic carbocycles. The van der Waals surface area contributed by atoms with Gasteiger partial charge in [-0.25, -0.2) is 4.98 Å². The summed E-state index contributed by atoms with van der Waals surface area (Å²) in [6.45, 7) is 5.27. The summed E-state index contributed by atoms with van der Waals surface area (Å²) < 4.78 is 43.2. The van der Waals surface area contributed by atoms with Crippen molar-refractivity contribution in [1.29, 1.82) is 0 Å². The predicted octanol–water partition coefficient (Wildman–Crippen LogP) is 3.55. The largest absolute Gasteiger partial charge is 0.443 e. The average Bonchev–Trinajstić information content (AvgIpc) is 2.96. The molecule has 118 valence electrons. The Morgan fingerprint density at radius 2 is 2.24 bits per heavy atom. The summed E-state index contributed by atoms with van der Waals surface area (Å²) in [4.78, 5) is 6.42. The van der Waals surface area contributed by atoms with Crippen molar-refractivity contribution in [2.45, 2.75) is 45.0 Å². The number of nitrogens with zero attached hydrogens (tertiary/aromatic N) is 2. The Kier molecular flexibility index (Phi) is 4.00. The molecule has 1 aromatic rings. The van der Waals surface area contributed by atoms with Crippen molar-refractivity contribution in [3.63, 3.8) is 0 Å². The van der Waals surface area contributed by atoms with Gasteiger partial charge in [0.25, 0.3) is 0 Å². The van der Waals surface area contributed by atoms with Gasteiger partial charge in [0.05, 0.1) is 6.10 Å². The third-order valence-electron chi connectivity index (χ3n) is 4.42. The zero-order valence-corrected chi connectivity index (χ0v) is 12.8. The van der Waals surface area contributed by atoms with Crippen LogP contribution in [0.5, 0.6) is 0 Å². The highest BCUT2D eigenvalue weighted by Crippen LogP contribution is 2.49. The number of alkyl halides is 3. The third kappa shape index (κ3) is 3.24. The second-order valence-corrected chi connectivity index (χ2v) is 7.19. The lowest BCUT2D eigenvalue weighted by Gasteiger charge is -2.44. The predicted molar refractivity (Wildman–Crippen MR) is 74.1 cm³/mol. The molecule has 0 radical (unpaired) electrons. The van der Waals surface area contributed by atoms with Crippen LogP contribution >= 0.6 is 11.3 Å². The van der Waals surface area contributed by atoms with Crippen molar-refractivity contribution in [3.05, 3.63) is 16.1 Å². The van der Waals surface area contributed by atoms with Crippen LogP contribution in [0, 0.1) is 5.41 Å². The second-order valence-electron chi connectivity index (χ2n) is 6.08. The lowest BCUT2D eigenvalue weighted by molar-refractivity contribution is -0.137. The Morgan fingerprint density at radius 3 is 2.86 bits per heavy atom. The van der Waals surface area contributed by atoms with Crippen molar-refractivity contribution in [3.8, 4) is 0 Å². The zero-order valence-electron chi connectivity index (χ0n) is 11.9. The van der Waals surface area contributed by atoms with Crippen LogP contribution in [0.4, 0.5) is 13.2 Å². The number of ether oxygens (including phenoxy) is 1. The third-order valence-corrected chi connectivity index (χ3v) is 5.44. The highest BCUT2D eigenvalue weighted by molar-refractivity contribution is 7.11. The fraction of sp³-hybridized carbons (Fsp3) is 0.786. The van der Waals surface area contributed by atoms with E-state index in [-0.39, 0.29) is 0 Å². The molecule has 3 rings (SSSR count). The molecule has 2 aliphatic rings. The summed E-state index contributed by atoms with van der Waals surface area (Å²) in [7, 11) is 0. The Morgan fingerprint density at radius 1 is 1.48 bits per heavy atom. The van der Waals surface area contributed by atoms with Crippen LogP contribution in [0.2, 0.25) is 0 Å². The molecule has 0 amide bonds. The molecule has 1 spiro atoms. The van der Waals surface area contributed by atoms with Crippen LogP contribution in [-0.4, -0.2) is 35.7 Å². The Bertz CT molecular complexity index is 497. The van der Waals surface area contributed by atoms with Crippen molar-refractivity contribution in [1.82, 2.24) is 9.88 Å². The highest BCUT2D eigenvalue weighted by atomic mass is 32.1. The van der Waals surface area contributed by atoms with Gasteiger partial charge in [0.1, 0.15) is 0 Å². The number of rotatable bonds is 4. The van der Waals surface area contributed by atoms with E-state index in [1.165, 1.54) is 6.20 Å². The molecule has 2 heterocycles. The zero-order chi connectivity index (χ0) is 15.1. The fourth-order valence-corrected chi connectivity index (χ4v) is 4.31. The fourth-order valence-electron chi connectivity index (χ4n) is 3.49. The normalized spacial score (nSPS) is 30.0. The Hall–Kier alpha value is -0.660. The summed E-state index contributed by atoms with van der Waals surface area (Å²) in [5, 5.41) is -0.744. The van der Waals surface area contributed by atoms with Gasteiger partial charge in [-0.2, -0.15) is 13.2 Å². The van der Waals surface area contributed by atoms with Gasteiger partial charge in [0.2, 0.25) is 0 Å². The summed E-state index contributed by atoms with van der Waals surface area (Å²) >= 11 is 0.759. The number of likely N-dealkylation sites (tertiary alicyclic amines) is 1. The van der Waals surface area contributed by atoms with E-state index in [0.29, 0.717) is 22.9 Å². The van der Waals surface area contributed by atoms with Crippen LogP contribution in [0.15, 0.2) is 6.20 Å². The molecule has 1 aliphatic heterocycles. The van der Waals surface area contributed by atoms with E-state index in [0.717, 1.165) is 50.3 Å². The van der Waals surface area contributed by atoms with Crippen molar-refractivity contribution in [2.24, 2.45) is 5.41 Å². The van der Waals surface area contributed by atoms with Crippen molar-refractivity contribution in [2.75, 3.05) is 19.7 Å².